The van der Waals surface area contributed by atoms with Crippen molar-refractivity contribution >= 4 is 17.5 Å². The van der Waals surface area contributed by atoms with E-state index in [1.807, 2.05) is 28.8 Å². The van der Waals surface area contributed by atoms with Gasteiger partial charge < -0.3 is 9.64 Å². The number of carbonyl (C=O) groups is 2. The van der Waals surface area contributed by atoms with Gasteiger partial charge in [-0.1, -0.05) is 6.07 Å². The molecule has 4 heterocycles. The van der Waals surface area contributed by atoms with E-state index in [4.69, 9.17) is 4.74 Å². The van der Waals surface area contributed by atoms with Gasteiger partial charge in [0.1, 0.15) is 6.04 Å². The molecule has 4 rings (SSSR count). The van der Waals surface area contributed by atoms with Crippen molar-refractivity contribution in [2.24, 2.45) is 0 Å². The molecule has 0 aliphatic carbocycles. The minimum Gasteiger partial charge on any atom is -0.464 e. The number of hydrogen-bond donors (Lipinski definition) is 0. The number of fused-ring (bicyclic) bond motifs is 1. The first-order valence-corrected chi connectivity index (χ1v) is 10.2. The maximum Gasteiger partial charge on any atom is 0.328 e. The first-order chi connectivity index (χ1) is 13.7. The highest BCUT2D eigenvalue weighted by molar-refractivity contribution is 5.85. The Morgan fingerprint density at radius 2 is 2.04 bits per heavy atom. The SMILES string of the molecule is CCOC(=O)[C@@H]1CCCCN1C(=O)CN1CCC[C@H]1c1nnc2ccccn12. The zero-order valence-corrected chi connectivity index (χ0v) is 16.3. The molecule has 0 saturated carbocycles. The summed E-state index contributed by atoms with van der Waals surface area (Å²) in [4.78, 5) is 29.3. The molecule has 0 N–H and O–H groups in total. The lowest BCUT2D eigenvalue weighted by atomic mass is 10.0. The van der Waals surface area contributed by atoms with Crippen LogP contribution in [0.25, 0.3) is 5.65 Å². The Bertz CT molecular complexity index is 851. The van der Waals surface area contributed by atoms with Crippen LogP contribution in [-0.2, 0) is 14.3 Å². The smallest absolute Gasteiger partial charge is 0.328 e. The molecule has 2 aliphatic heterocycles. The number of piperidine rings is 1. The van der Waals surface area contributed by atoms with Gasteiger partial charge in [0.2, 0.25) is 5.91 Å². The molecule has 2 aromatic rings. The van der Waals surface area contributed by atoms with Gasteiger partial charge in [0.05, 0.1) is 19.2 Å². The van der Waals surface area contributed by atoms with Crippen molar-refractivity contribution in [3.63, 3.8) is 0 Å². The fourth-order valence-electron chi connectivity index (χ4n) is 4.37. The number of hydrogen-bond acceptors (Lipinski definition) is 6. The standard InChI is InChI=1S/C20H27N5O3/c1-2-28-20(27)16-8-3-5-12-24(16)18(26)14-23-11-7-9-15(23)19-22-21-17-10-4-6-13-25(17)19/h4,6,10,13,15-16H,2-3,5,7-9,11-12,14H2,1H3/t15-,16-/m0/s1. The molecule has 0 radical (unpaired) electrons. The summed E-state index contributed by atoms with van der Waals surface area (Å²) in [6.07, 6.45) is 6.49. The van der Waals surface area contributed by atoms with E-state index in [0.29, 0.717) is 26.1 Å². The molecule has 2 aliphatic rings. The van der Waals surface area contributed by atoms with Crippen molar-refractivity contribution in [3.8, 4) is 0 Å². The Morgan fingerprint density at radius 1 is 1.14 bits per heavy atom. The highest BCUT2D eigenvalue weighted by Crippen LogP contribution is 2.31. The molecule has 8 nitrogen and oxygen atoms in total. The maximum atomic E-state index is 13.1. The first kappa shape index (κ1) is 18.9. The maximum absolute atomic E-state index is 13.1. The van der Waals surface area contributed by atoms with E-state index in [-0.39, 0.29) is 17.9 Å². The lowest BCUT2D eigenvalue weighted by Gasteiger charge is -2.35. The van der Waals surface area contributed by atoms with Crippen molar-refractivity contribution in [1.82, 2.24) is 24.4 Å². The van der Waals surface area contributed by atoms with Crippen molar-refractivity contribution in [2.75, 3.05) is 26.2 Å². The van der Waals surface area contributed by atoms with Crippen LogP contribution in [0, 0.1) is 0 Å². The van der Waals surface area contributed by atoms with Gasteiger partial charge in [-0.05, 0) is 57.7 Å². The molecule has 8 heteroatoms. The normalized spacial score (nSPS) is 23.2. The van der Waals surface area contributed by atoms with Crippen LogP contribution >= 0.6 is 0 Å². The minimum atomic E-state index is -0.448. The molecule has 0 spiro atoms. The number of pyridine rings is 1. The lowest BCUT2D eigenvalue weighted by Crippen LogP contribution is -2.51. The van der Waals surface area contributed by atoms with Gasteiger partial charge in [-0.2, -0.15) is 0 Å². The third-order valence-corrected chi connectivity index (χ3v) is 5.72. The quantitative estimate of drug-likeness (QED) is 0.731. The molecule has 0 bridgehead atoms. The number of likely N-dealkylation sites (tertiary alicyclic amines) is 2. The fraction of sp³-hybridized carbons (Fsp3) is 0.600. The number of rotatable bonds is 5. The van der Waals surface area contributed by atoms with Crippen molar-refractivity contribution in [1.29, 1.82) is 0 Å². The summed E-state index contributed by atoms with van der Waals surface area (Å²) >= 11 is 0. The van der Waals surface area contributed by atoms with E-state index in [1.165, 1.54) is 0 Å². The van der Waals surface area contributed by atoms with Gasteiger partial charge in [-0.15, -0.1) is 10.2 Å². The van der Waals surface area contributed by atoms with Gasteiger partial charge in [-0.3, -0.25) is 14.1 Å². The molecule has 2 fully saturated rings. The number of aromatic nitrogens is 3. The van der Waals surface area contributed by atoms with Crippen LogP contribution in [0.3, 0.4) is 0 Å². The van der Waals surface area contributed by atoms with Crippen LogP contribution in [0.2, 0.25) is 0 Å². The van der Waals surface area contributed by atoms with Crippen LogP contribution in [0.5, 0.6) is 0 Å². The summed E-state index contributed by atoms with van der Waals surface area (Å²) in [5.41, 5.74) is 0.814. The predicted octanol–water partition coefficient (Wildman–Crippen LogP) is 1.81. The van der Waals surface area contributed by atoms with Gasteiger partial charge in [0.25, 0.3) is 0 Å². The van der Waals surface area contributed by atoms with Gasteiger partial charge in [0.15, 0.2) is 11.5 Å². The molecular formula is C20H27N5O3. The van der Waals surface area contributed by atoms with E-state index < -0.39 is 6.04 Å². The number of esters is 1. The molecule has 0 aromatic carbocycles. The predicted molar refractivity (Wildman–Crippen MR) is 103 cm³/mol. The largest absolute Gasteiger partial charge is 0.464 e. The summed E-state index contributed by atoms with van der Waals surface area (Å²) in [5.74, 6) is 0.594. The minimum absolute atomic E-state index is 0.00141. The Morgan fingerprint density at radius 3 is 2.89 bits per heavy atom. The van der Waals surface area contributed by atoms with Crippen molar-refractivity contribution in [3.05, 3.63) is 30.2 Å². The van der Waals surface area contributed by atoms with Gasteiger partial charge in [0, 0.05) is 12.7 Å². The summed E-state index contributed by atoms with van der Waals surface area (Å²) in [6, 6.07) is 5.44. The van der Waals surface area contributed by atoms with Gasteiger partial charge in [-0.25, -0.2) is 4.79 Å². The Hall–Kier alpha value is -2.48. The number of carbonyl (C=O) groups excluding carboxylic acids is 2. The Labute approximate surface area is 164 Å². The third kappa shape index (κ3) is 3.61. The molecule has 0 unspecified atom stereocenters. The zero-order chi connectivity index (χ0) is 19.5. The van der Waals surface area contributed by atoms with Gasteiger partial charge >= 0.3 is 5.97 Å². The highest BCUT2D eigenvalue weighted by atomic mass is 16.5. The molecule has 2 aromatic heterocycles. The second-order valence-corrected chi connectivity index (χ2v) is 7.47. The topological polar surface area (TPSA) is 80.0 Å². The molecular weight excluding hydrogens is 358 g/mol. The van der Waals surface area contributed by atoms with E-state index in [9.17, 15) is 9.59 Å². The van der Waals surface area contributed by atoms with E-state index in [2.05, 4.69) is 15.1 Å². The average molecular weight is 385 g/mol. The average Bonchev–Trinajstić information content (AvgIpc) is 3.34. The summed E-state index contributed by atoms with van der Waals surface area (Å²) in [7, 11) is 0. The number of ether oxygens (including phenoxy) is 1. The van der Waals surface area contributed by atoms with Crippen LogP contribution in [0.1, 0.15) is 50.9 Å². The molecule has 150 valence electrons. The summed E-state index contributed by atoms with van der Waals surface area (Å²) in [6.45, 7) is 3.89. The fourth-order valence-corrected chi connectivity index (χ4v) is 4.37. The lowest BCUT2D eigenvalue weighted by molar-refractivity contribution is -0.157. The van der Waals surface area contributed by atoms with Crippen molar-refractivity contribution in [2.45, 2.75) is 51.1 Å². The second kappa shape index (κ2) is 8.26. The van der Waals surface area contributed by atoms with E-state index in [1.54, 1.807) is 11.8 Å². The van der Waals surface area contributed by atoms with Crippen molar-refractivity contribution < 1.29 is 14.3 Å². The summed E-state index contributed by atoms with van der Waals surface area (Å²) < 4.78 is 7.19. The Kier molecular flexibility index (Phi) is 5.57. The van der Waals surface area contributed by atoms with Crippen LogP contribution in [-0.4, -0.2) is 68.6 Å². The molecule has 28 heavy (non-hydrogen) atoms. The highest BCUT2D eigenvalue weighted by Gasteiger charge is 2.36. The van der Waals surface area contributed by atoms with Crippen LogP contribution < -0.4 is 0 Å². The van der Waals surface area contributed by atoms with Crippen LogP contribution in [0.4, 0.5) is 0 Å². The monoisotopic (exact) mass is 385 g/mol. The Balaban J connectivity index is 1.49. The van der Waals surface area contributed by atoms with E-state index in [0.717, 1.165) is 43.7 Å². The zero-order valence-electron chi connectivity index (χ0n) is 16.3. The molecule has 2 saturated heterocycles. The molecule has 2 atom stereocenters. The first-order valence-electron chi connectivity index (χ1n) is 10.2. The second-order valence-electron chi connectivity index (χ2n) is 7.47. The molecule has 1 amide bonds. The van der Waals surface area contributed by atoms with Crippen LogP contribution in [0.15, 0.2) is 24.4 Å². The third-order valence-electron chi connectivity index (χ3n) is 5.72. The number of nitrogens with zero attached hydrogens (tertiary/aromatic N) is 5. The number of amides is 1. The van der Waals surface area contributed by atoms with E-state index >= 15 is 0 Å². The summed E-state index contributed by atoms with van der Waals surface area (Å²) in [5, 5.41) is 8.64.